The number of para-hydroxylation sites is 1. The van der Waals surface area contributed by atoms with Crippen molar-refractivity contribution in [3.8, 4) is 0 Å². The fourth-order valence-electron chi connectivity index (χ4n) is 2.52. The predicted molar refractivity (Wildman–Crippen MR) is 99.4 cm³/mol. The minimum atomic E-state index is -1.30. The fourth-order valence-corrected chi connectivity index (χ4v) is 5.57. The summed E-state index contributed by atoms with van der Waals surface area (Å²) in [6.45, 7) is 11.5. The van der Waals surface area contributed by atoms with Crippen molar-refractivity contribution < 1.29 is 0 Å². The molecule has 3 heteroatoms. The molecule has 0 atom stereocenters. The summed E-state index contributed by atoms with van der Waals surface area (Å²) in [7, 11) is -1.30. The van der Waals surface area contributed by atoms with E-state index in [9.17, 15) is 0 Å². The van der Waals surface area contributed by atoms with Crippen molar-refractivity contribution in [2.24, 2.45) is 0 Å². The van der Waals surface area contributed by atoms with E-state index in [1.807, 2.05) is 11.3 Å². The number of fused-ring (bicyclic) bond motifs is 3. The van der Waals surface area contributed by atoms with Crippen molar-refractivity contribution in [2.45, 2.75) is 33.5 Å². The van der Waals surface area contributed by atoms with Gasteiger partial charge in [0.25, 0.3) is 0 Å². The highest BCUT2D eigenvalue weighted by molar-refractivity contribution is 7.32. The van der Waals surface area contributed by atoms with E-state index in [-0.39, 0.29) is 0 Å². The molecule has 21 heavy (non-hydrogen) atoms. The summed E-state index contributed by atoms with van der Waals surface area (Å²) < 4.78 is 2.95. The number of hydrogen-bond acceptors (Lipinski definition) is 2. The molecule has 0 aliphatic carbocycles. The number of allylic oxidation sites excluding steroid dienone is 2. The quantitative estimate of drug-likeness (QED) is 0.576. The Morgan fingerprint density at radius 3 is 2.52 bits per heavy atom. The van der Waals surface area contributed by atoms with Gasteiger partial charge in [0.2, 0.25) is 0 Å². The Balaban J connectivity index is 2.47. The van der Waals surface area contributed by atoms with E-state index in [1.54, 1.807) is 4.50 Å². The number of benzene rings is 1. The van der Waals surface area contributed by atoms with E-state index in [1.165, 1.54) is 21.0 Å². The summed E-state index contributed by atoms with van der Waals surface area (Å²) >= 11 is 1.97. The van der Waals surface area contributed by atoms with Crippen LogP contribution in [-0.4, -0.2) is 13.1 Å². The Labute approximate surface area is 131 Å². The molecule has 108 valence electrons. The molecule has 0 fully saturated rings. The number of pyridine rings is 1. The SMILES string of the molecule is C/C=C(\C)c1nc2ccccc2c2sc([Si](C)(C)C)cc12. The minimum absolute atomic E-state index is 1.10. The fraction of sp³-hybridized carbons (Fsp3) is 0.278. The molecule has 3 rings (SSSR count). The number of thiophene rings is 1. The Hall–Kier alpha value is -1.45. The summed E-state index contributed by atoms with van der Waals surface area (Å²) in [6.07, 6.45) is 2.16. The summed E-state index contributed by atoms with van der Waals surface area (Å²) in [5.74, 6) is 0. The standard InChI is InChI=1S/C18H21NSSi/c1-6-12(2)17-14-11-16(21(3,4)5)20-18(14)13-9-7-8-10-15(13)19-17/h6-11H,1-5H3/b12-6+. The van der Waals surface area contributed by atoms with Gasteiger partial charge < -0.3 is 0 Å². The van der Waals surface area contributed by atoms with E-state index < -0.39 is 8.07 Å². The first kappa shape index (κ1) is 14.5. The summed E-state index contributed by atoms with van der Waals surface area (Å²) in [5.41, 5.74) is 3.50. The molecule has 2 heterocycles. The Kier molecular flexibility index (Phi) is 3.50. The molecule has 0 aliphatic heterocycles. The number of rotatable bonds is 2. The van der Waals surface area contributed by atoms with Gasteiger partial charge in [-0.25, -0.2) is 4.98 Å². The molecule has 0 N–H and O–H groups in total. The van der Waals surface area contributed by atoms with Crippen molar-refractivity contribution >= 4 is 50.5 Å². The molecule has 2 aromatic heterocycles. The van der Waals surface area contributed by atoms with Gasteiger partial charge in [-0.3, -0.25) is 0 Å². The topological polar surface area (TPSA) is 12.9 Å². The summed E-state index contributed by atoms with van der Waals surface area (Å²) in [5, 5.41) is 2.61. The third-order valence-corrected chi connectivity index (χ3v) is 8.66. The number of nitrogens with zero attached hydrogens (tertiary/aromatic N) is 1. The first-order chi connectivity index (χ1) is 9.91. The van der Waals surface area contributed by atoms with Gasteiger partial charge in [0.15, 0.2) is 0 Å². The highest BCUT2D eigenvalue weighted by atomic mass is 32.1. The molecule has 1 aromatic carbocycles. The largest absolute Gasteiger partial charge is 0.247 e. The maximum atomic E-state index is 4.92. The van der Waals surface area contributed by atoms with Crippen LogP contribution >= 0.6 is 11.3 Å². The van der Waals surface area contributed by atoms with Gasteiger partial charge in [-0.2, -0.15) is 0 Å². The van der Waals surface area contributed by atoms with Gasteiger partial charge in [-0.05, 0) is 36.1 Å². The van der Waals surface area contributed by atoms with Crippen LogP contribution in [0.3, 0.4) is 0 Å². The summed E-state index contributed by atoms with van der Waals surface area (Å²) in [4.78, 5) is 4.92. The Morgan fingerprint density at radius 2 is 1.86 bits per heavy atom. The lowest BCUT2D eigenvalue weighted by atomic mass is 10.1. The van der Waals surface area contributed by atoms with E-state index in [2.05, 4.69) is 69.9 Å². The van der Waals surface area contributed by atoms with Crippen LogP contribution in [0.2, 0.25) is 19.6 Å². The lowest BCUT2D eigenvalue weighted by molar-refractivity contribution is 1.36. The van der Waals surface area contributed by atoms with Crippen molar-refractivity contribution in [3.63, 3.8) is 0 Å². The van der Waals surface area contributed by atoms with E-state index in [0.717, 1.165) is 11.2 Å². The third-order valence-electron chi connectivity index (χ3n) is 3.91. The normalized spacial score (nSPS) is 13.3. The summed E-state index contributed by atoms with van der Waals surface area (Å²) in [6, 6.07) is 10.9. The lowest BCUT2D eigenvalue weighted by Crippen LogP contribution is -2.34. The molecule has 0 saturated carbocycles. The molecular weight excluding hydrogens is 290 g/mol. The number of aromatic nitrogens is 1. The van der Waals surface area contributed by atoms with Gasteiger partial charge in [0, 0.05) is 15.5 Å². The van der Waals surface area contributed by atoms with Gasteiger partial charge in [-0.1, -0.05) is 43.9 Å². The second kappa shape index (κ2) is 5.07. The maximum absolute atomic E-state index is 4.92. The highest BCUT2D eigenvalue weighted by Gasteiger charge is 2.22. The van der Waals surface area contributed by atoms with Crippen molar-refractivity contribution in [3.05, 3.63) is 42.1 Å². The molecule has 0 amide bonds. The average Bonchev–Trinajstić information content (AvgIpc) is 2.91. The molecule has 0 aliphatic rings. The monoisotopic (exact) mass is 311 g/mol. The van der Waals surface area contributed by atoms with Crippen molar-refractivity contribution in [1.82, 2.24) is 4.98 Å². The second-order valence-electron chi connectivity index (χ2n) is 6.55. The van der Waals surface area contributed by atoms with Crippen LogP contribution in [0.5, 0.6) is 0 Å². The zero-order valence-corrected chi connectivity index (χ0v) is 15.1. The molecule has 1 nitrogen and oxygen atoms in total. The highest BCUT2D eigenvalue weighted by Crippen LogP contribution is 2.33. The second-order valence-corrected chi connectivity index (χ2v) is 13.0. The van der Waals surface area contributed by atoms with Crippen molar-refractivity contribution in [1.29, 1.82) is 0 Å². The van der Waals surface area contributed by atoms with Crippen LogP contribution in [0.4, 0.5) is 0 Å². The zero-order chi connectivity index (χ0) is 15.2. The molecule has 0 bridgehead atoms. The Morgan fingerprint density at radius 1 is 1.14 bits per heavy atom. The smallest absolute Gasteiger partial charge is 0.0904 e. The lowest BCUT2D eigenvalue weighted by Gasteiger charge is -2.11. The molecule has 3 aromatic rings. The van der Waals surface area contributed by atoms with Crippen LogP contribution in [0, 0.1) is 0 Å². The van der Waals surface area contributed by atoms with E-state index >= 15 is 0 Å². The Bertz CT molecular complexity index is 853. The van der Waals surface area contributed by atoms with Gasteiger partial charge in [0.1, 0.15) is 0 Å². The average molecular weight is 312 g/mol. The van der Waals surface area contributed by atoms with Gasteiger partial charge in [-0.15, -0.1) is 11.3 Å². The first-order valence-electron chi connectivity index (χ1n) is 7.38. The number of hydrogen-bond donors (Lipinski definition) is 0. The molecule has 0 spiro atoms. The predicted octanol–water partition coefficient (Wildman–Crippen LogP) is 5.42. The maximum Gasteiger partial charge on any atom is 0.0904 e. The molecule has 0 saturated heterocycles. The van der Waals surface area contributed by atoms with Crippen LogP contribution in [0.15, 0.2) is 36.4 Å². The van der Waals surface area contributed by atoms with E-state index in [4.69, 9.17) is 4.98 Å². The van der Waals surface area contributed by atoms with Crippen molar-refractivity contribution in [2.75, 3.05) is 0 Å². The zero-order valence-electron chi connectivity index (χ0n) is 13.3. The molecular formula is C18H21NSSi. The van der Waals surface area contributed by atoms with Gasteiger partial charge in [0.05, 0.1) is 19.3 Å². The van der Waals surface area contributed by atoms with E-state index in [0.29, 0.717) is 0 Å². The van der Waals surface area contributed by atoms with Gasteiger partial charge >= 0.3 is 0 Å². The van der Waals surface area contributed by atoms with Crippen LogP contribution in [0.25, 0.3) is 26.6 Å². The van der Waals surface area contributed by atoms with Crippen LogP contribution in [-0.2, 0) is 0 Å². The third kappa shape index (κ3) is 2.45. The molecule has 0 radical (unpaired) electrons. The molecule has 0 unspecified atom stereocenters. The van der Waals surface area contributed by atoms with Crippen LogP contribution < -0.4 is 4.50 Å². The van der Waals surface area contributed by atoms with Crippen LogP contribution in [0.1, 0.15) is 19.5 Å². The minimum Gasteiger partial charge on any atom is -0.247 e. The first-order valence-corrected chi connectivity index (χ1v) is 11.7.